The van der Waals surface area contributed by atoms with Gasteiger partial charge in [0.05, 0.1) is 13.4 Å². The monoisotopic (exact) mass is 461 g/mol. The minimum atomic E-state index is -0.205. The number of hydrogen-bond donors (Lipinski definition) is 1. The summed E-state index contributed by atoms with van der Waals surface area (Å²) in [4.78, 5) is 12.5. The van der Waals surface area contributed by atoms with Crippen LogP contribution in [0.25, 0.3) is 27.7 Å². The van der Waals surface area contributed by atoms with Gasteiger partial charge in [-0.05, 0) is 42.3 Å². The highest BCUT2D eigenvalue weighted by Gasteiger charge is 2.15. The van der Waals surface area contributed by atoms with Crippen molar-refractivity contribution in [3.63, 3.8) is 0 Å². The number of methoxy groups -OCH3 is 1. The van der Waals surface area contributed by atoms with Gasteiger partial charge >= 0.3 is 0 Å². The molecule has 4 aromatic rings. The second kappa shape index (κ2) is 8.59. The fourth-order valence-corrected chi connectivity index (χ4v) is 3.79. The summed E-state index contributed by atoms with van der Waals surface area (Å²) in [6.45, 7) is 1.90. The van der Waals surface area contributed by atoms with Crippen molar-refractivity contribution >= 4 is 44.1 Å². The number of furan rings is 1. The van der Waals surface area contributed by atoms with Crippen molar-refractivity contribution in [2.24, 2.45) is 0 Å². The average molecular weight is 462 g/mol. The Morgan fingerprint density at radius 1 is 1.07 bits per heavy atom. The van der Waals surface area contributed by atoms with Crippen LogP contribution in [0.2, 0.25) is 0 Å². The molecule has 0 radical (unpaired) electrons. The molecule has 1 aromatic heterocycles. The normalized spacial score (nSPS) is 11.5. The van der Waals surface area contributed by atoms with E-state index in [-0.39, 0.29) is 5.91 Å². The van der Waals surface area contributed by atoms with E-state index in [1.54, 1.807) is 19.4 Å². The highest BCUT2D eigenvalue weighted by molar-refractivity contribution is 9.10. The number of carbonyl (C=O) groups is 1. The molecule has 150 valence electrons. The van der Waals surface area contributed by atoms with Crippen LogP contribution in [0.1, 0.15) is 12.5 Å². The molecule has 4 nitrogen and oxygen atoms in total. The first-order valence-electron chi connectivity index (χ1n) is 9.45. The maximum atomic E-state index is 12.5. The molecule has 0 unspecified atom stereocenters. The summed E-state index contributed by atoms with van der Waals surface area (Å²) in [5.41, 5.74) is 5.17. The lowest BCUT2D eigenvalue weighted by Gasteiger charge is -2.10. The van der Waals surface area contributed by atoms with Crippen molar-refractivity contribution in [3.8, 4) is 16.9 Å². The van der Waals surface area contributed by atoms with Crippen LogP contribution in [-0.4, -0.2) is 13.0 Å². The number of nitrogens with one attached hydrogen (secondary N) is 1. The van der Waals surface area contributed by atoms with Gasteiger partial charge in [0.2, 0.25) is 5.91 Å². The maximum absolute atomic E-state index is 12.5. The van der Waals surface area contributed by atoms with Crippen LogP contribution < -0.4 is 10.1 Å². The van der Waals surface area contributed by atoms with Gasteiger partial charge in [-0.1, -0.05) is 52.3 Å². The Morgan fingerprint density at radius 3 is 2.60 bits per heavy atom. The van der Waals surface area contributed by atoms with Gasteiger partial charge in [-0.15, -0.1) is 0 Å². The third kappa shape index (κ3) is 4.16. The summed E-state index contributed by atoms with van der Waals surface area (Å²) in [5, 5.41) is 3.86. The number of rotatable bonds is 5. The predicted molar refractivity (Wildman–Crippen MR) is 125 cm³/mol. The van der Waals surface area contributed by atoms with Crippen molar-refractivity contribution in [1.82, 2.24) is 0 Å². The number of benzene rings is 3. The number of ether oxygens (including phenoxy) is 1. The minimum absolute atomic E-state index is 0.205. The van der Waals surface area contributed by atoms with Gasteiger partial charge in [-0.2, -0.15) is 0 Å². The van der Waals surface area contributed by atoms with Crippen LogP contribution in [0.5, 0.6) is 5.75 Å². The zero-order valence-corrected chi connectivity index (χ0v) is 18.2. The quantitative estimate of drug-likeness (QED) is 0.328. The van der Waals surface area contributed by atoms with Gasteiger partial charge in [0.1, 0.15) is 11.3 Å². The number of anilines is 1. The number of halogens is 1. The average Bonchev–Trinajstić information content (AvgIpc) is 3.16. The molecule has 0 aliphatic carbocycles. The summed E-state index contributed by atoms with van der Waals surface area (Å²) in [7, 11) is 1.61. The summed E-state index contributed by atoms with van der Waals surface area (Å²) in [6, 6.07) is 21.4. The van der Waals surface area contributed by atoms with Crippen LogP contribution in [0.3, 0.4) is 0 Å². The minimum Gasteiger partial charge on any atom is -0.496 e. The second-order valence-corrected chi connectivity index (χ2v) is 7.81. The van der Waals surface area contributed by atoms with Gasteiger partial charge in [0, 0.05) is 38.8 Å². The van der Waals surface area contributed by atoms with Gasteiger partial charge < -0.3 is 14.5 Å². The molecule has 1 heterocycles. The Hall–Kier alpha value is -3.31. The smallest absolute Gasteiger partial charge is 0.248 e. The molecule has 5 heteroatoms. The number of hydrogen-bond acceptors (Lipinski definition) is 3. The number of carbonyl (C=O) groups excluding carboxylic acids is 1. The molecule has 1 N–H and O–H groups in total. The number of fused-ring (bicyclic) bond motifs is 1. The van der Waals surface area contributed by atoms with E-state index in [1.807, 2.05) is 73.7 Å². The van der Waals surface area contributed by atoms with Gasteiger partial charge in [-0.3, -0.25) is 4.79 Å². The largest absolute Gasteiger partial charge is 0.496 e. The highest BCUT2D eigenvalue weighted by Crippen LogP contribution is 2.37. The predicted octanol–water partition coefficient (Wildman–Crippen LogP) is 6.91. The molecular weight excluding hydrogens is 442 g/mol. The van der Waals surface area contributed by atoms with Crippen molar-refractivity contribution in [2.45, 2.75) is 6.92 Å². The van der Waals surface area contributed by atoms with Crippen LogP contribution >= 0.6 is 15.9 Å². The third-order valence-corrected chi connectivity index (χ3v) is 5.34. The van der Waals surface area contributed by atoms with Crippen LogP contribution in [0.4, 0.5) is 5.69 Å². The first-order valence-corrected chi connectivity index (χ1v) is 10.2. The van der Waals surface area contributed by atoms with Crippen molar-refractivity contribution in [1.29, 1.82) is 0 Å². The maximum Gasteiger partial charge on any atom is 0.248 e. The third-order valence-electron chi connectivity index (χ3n) is 4.84. The molecule has 0 bridgehead atoms. The van der Waals surface area contributed by atoms with Crippen molar-refractivity contribution in [2.75, 3.05) is 12.4 Å². The summed E-state index contributed by atoms with van der Waals surface area (Å²) < 4.78 is 12.2. The van der Waals surface area contributed by atoms with E-state index in [1.165, 1.54) is 0 Å². The fourth-order valence-electron chi connectivity index (χ4n) is 3.39. The fraction of sp³-hybridized carbons (Fsp3) is 0.0800. The van der Waals surface area contributed by atoms with E-state index >= 15 is 0 Å². The molecular formula is C25H20BrNO3. The summed E-state index contributed by atoms with van der Waals surface area (Å²) in [5.74, 6) is 0.448. The molecule has 3 aromatic carbocycles. The zero-order chi connectivity index (χ0) is 21.1. The SMILES string of the molecule is COc1cc2occ(-c3ccccc3)c2cc1/C(C)=C/C(=O)Nc1cccc(Br)c1. The Kier molecular flexibility index (Phi) is 5.72. The zero-order valence-electron chi connectivity index (χ0n) is 16.6. The molecule has 0 aliphatic heterocycles. The lowest BCUT2D eigenvalue weighted by Crippen LogP contribution is -2.08. The van der Waals surface area contributed by atoms with E-state index in [2.05, 4.69) is 21.2 Å². The molecule has 30 heavy (non-hydrogen) atoms. The van der Waals surface area contributed by atoms with E-state index in [9.17, 15) is 4.79 Å². The lowest BCUT2D eigenvalue weighted by atomic mass is 9.99. The Bertz CT molecular complexity index is 1240. The van der Waals surface area contributed by atoms with E-state index < -0.39 is 0 Å². The molecule has 0 saturated heterocycles. The van der Waals surface area contributed by atoms with Crippen LogP contribution in [-0.2, 0) is 4.79 Å². The molecule has 4 rings (SSSR count). The first kappa shape index (κ1) is 20.0. The Labute approximate surface area is 183 Å². The van der Waals surface area contributed by atoms with Gasteiger partial charge in [0.25, 0.3) is 0 Å². The van der Waals surface area contributed by atoms with E-state index in [4.69, 9.17) is 9.15 Å². The molecule has 0 spiro atoms. The molecule has 0 aliphatic rings. The molecule has 0 atom stereocenters. The highest BCUT2D eigenvalue weighted by atomic mass is 79.9. The summed E-state index contributed by atoms with van der Waals surface area (Å²) in [6.07, 6.45) is 3.33. The lowest BCUT2D eigenvalue weighted by molar-refractivity contribution is -0.111. The Balaban J connectivity index is 1.71. The molecule has 1 amide bonds. The van der Waals surface area contributed by atoms with Crippen molar-refractivity contribution in [3.05, 3.63) is 89.1 Å². The first-order chi connectivity index (χ1) is 14.5. The second-order valence-electron chi connectivity index (χ2n) is 6.89. The topological polar surface area (TPSA) is 51.5 Å². The van der Waals surface area contributed by atoms with Gasteiger partial charge in [-0.25, -0.2) is 0 Å². The van der Waals surface area contributed by atoms with E-state index in [0.29, 0.717) is 5.75 Å². The van der Waals surface area contributed by atoms with Gasteiger partial charge in [0.15, 0.2) is 0 Å². The molecule has 0 saturated carbocycles. The van der Waals surface area contributed by atoms with Crippen LogP contribution in [0, 0.1) is 0 Å². The van der Waals surface area contributed by atoms with E-state index in [0.717, 1.165) is 43.4 Å². The number of allylic oxidation sites excluding steroid dienone is 1. The standard InChI is InChI=1S/C25H20BrNO3/c1-16(11-25(28)27-19-10-6-9-18(26)12-19)20-13-21-22(17-7-4-3-5-8-17)15-30-24(21)14-23(20)29-2/h3-15H,1-2H3,(H,27,28)/b16-11+. The van der Waals surface area contributed by atoms with Crippen molar-refractivity contribution < 1.29 is 13.9 Å². The summed E-state index contributed by atoms with van der Waals surface area (Å²) >= 11 is 3.41. The molecule has 0 fully saturated rings. The number of amides is 1. The Morgan fingerprint density at radius 2 is 1.87 bits per heavy atom. The van der Waals surface area contributed by atoms with Crippen LogP contribution in [0.15, 0.2) is 88.0 Å².